The van der Waals surface area contributed by atoms with Crippen LogP contribution in [-0.2, 0) is 9.59 Å². The molecule has 31 heavy (non-hydrogen) atoms. The van der Waals surface area contributed by atoms with Gasteiger partial charge in [-0.3, -0.25) is 19.4 Å². The SMILES string of the molecule is CC(=O)Nc1ccccc1-c1nnc(SC(C)C(=O)Nc2cccc(C)c2C)[nH]c1=O. The zero-order valence-electron chi connectivity index (χ0n) is 17.6. The van der Waals surface area contributed by atoms with E-state index in [0.29, 0.717) is 11.3 Å². The molecule has 1 aromatic heterocycles. The second-order valence-electron chi connectivity index (χ2n) is 7.03. The fourth-order valence-corrected chi connectivity index (χ4v) is 3.62. The predicted molar refractivity (Wildman–Crippen MR) is 122 cm³/mol. The van der Waals surface area contributed by atoms with Gasteiger partial charge in [-0.05, 0) is 44.0 Å². The first-order valence-corrected chi connectivity index (χ1v) is 10.5. The highest BCUT2D eigenvalue weighted by atomic mass is 32.2. The van der Waals surface area contributed by atoms with Gasteiger partial charge in [-0.1, -0.05) is 42.1 Å². The van der Waals surface area contributed by atoms with Gasteiger partial charge < -0.3 is 10.6 Å². The van der Waals surface area contributed by atoms with Gasteiger partial charge in [-0.2, -0.15) is 0 Å². The summed E-state index contributed by atoms with van der Waals surface area (Å²) in [4.78, 5) is 39.3. The molecule has 0 bridgehead atoms. The van der Waals surface area contributed by atoms with E-state index < -0.39 is 10.8 Å². The largest absolute Gasteiger partial charge is 0.326 e. The summed E-state index contributed by atoms with van der Waals surface area (Å²) < 4.78 is 0. The Hall–Kier alpha value is -3.46. The molecule has 3 N–H and O–H groups in total. The predicted octanol–water partition coefficient (Wildman–Crippen LogP) is 3.53. The zero-order valence-corrected chi connectivity index (χ0v) is 18.5. The second kappa shape index (κ2) is 9.57. The average molecular weight is 438 g/mol. The van der Waals surface area contributed by atoms with Gasteiger partial charge in [-0.25, -0.2) is 0 Å². The summed E-state index contributed by atoms with van der Waals surface area (Å²) >= 11 is 1.10. The quantitative estimate of drug-likeness (QED) is 0.508. The van der Waals surface area contributed by atoms with Crippen molar-refractivity contribution in [3.8, 4) is 11.3 Å². The number of aromatic amines is 1. The third kappa shape index (κ3) is 5.37. The average Bonchev–Trinajstić information content (AvgIpc) is 2.72. The van der Waals surface area contributed by atoms with Gasteiger partial charge in [0.05, 0.1) is 10.9 Å². The van der Waals surface area contributed by atoms with Crippen molar-refractivity contribution in [1.29, 1.82) is 0 Å². The fraction of sp³-hybridized carbons (Fsp3) is 0.227. The molecule has 3 rings (SSSR count). The van der Waals surface area contributed by atoms with Gasteiger partial charge >= 0.3 is 0 Å². The number of amides is 2. The van der Waals surface area contributed by atoms with Crippen molar-refractivity contribution in [2.45, 2.75) is 38.1 Å². The molecule has 0 fully saturated rings. The Kier molecular flexibility index (Phi) is 6.86. The molecular formula is C22H23N5O3S. The van der Waals surface area contributed by atoms with Gasteiger partial charge in [0, 0.05) is 18.2 Å². The second-order valence-corrected chi connectivity index (χ2v) is 8.36. The first-order chi connectivity index (χ1) is 14.8. The van der Waals surface area contributed by atoms with Crippen molar-refractivity contribution in [1.82, 2.24) is 15.2 Å². The molecule has 0 radical (unpaired) electrons. The van der Waals surface area contributed by atoms with Gasteiger partial charge in [0.25, 0.3) is 5.56 Å². The van der Waals surface area contributed by atoms with E-state index in [1.54, 1.807) is 31.2 Å². The summed E-state index contributed by atoms with van der Waals surface area (Å²) in [7, 11) is 0. The lowest BCUT2D eigenvalue weighted by Gasteiger charge is -2.14. The molecule has 8 nitrogen and oxygen atoms in total. The molecular weight excluding hydrogens is 414 g/mol. The van der Waals surface area contributed by atoms with Gasteiger partial charge in [-0.15, -0.1) is 10.2 Å². The molecule has 9 heteroatoms. The molecule has 0 aliphatic heterocycles. The van der Waals surface area contributed by atoms with Crippen molar-refractivity contribution in [3.05, 3.63) is 63.9 Å². The highest BCUT2D eigenvalue weighted by Gasteiger charge is 2.19. The van der Waals surface area contributed by atoms with Crippen molar-refractivity contribution >= 4 is 35.0 Å². The Balaban J connectivity index is 1.76. The maximum absolute atomic E-state index is 12.6. The standard InChI is InChI=1S/C22H23N5O3S/c1-12-8-7-11-17(13(12)2)24-20(29)14(3)31-22-25-21(30)19(26-27-22)16-9-5-6-10-18(16)23-15(4)28/h5-11,14H,1-4H3,(H,23,28)(H,24,29)(H,25,27,30). The number of para-hydroxylation sites is 1. The summed E-state index contributed by atoms with van der Waals surface area (Å²) in [5.41, 5.74) is 3.40. The minimum absolute atomic E-state index is 0.0844. The van der Waals surface area contributed by atoms with E-state index >= 15 is 0 Å². The van der Waals surface area contributed by atoms with E-state index in [1.807, 2.05) is 32.0 Å². The fourth-order valence-electron chi connectivity index (χ4n) is 2.88. The molecule has 0 aliphatic carbocycles. The number of benzene rings is 2. The van der Waals surface area contributed by atoms with E-state index in [-0.39, 0.29) is 22.7 Å². The molecule has 1 heterocycles. The monoisotopic (exact) mass is 437 g/mol. The van der Waals surface area contributed by atoms with Crippen LogP contribution in [0.2, 0.25) is 0 Å². The highest BCUT2D eigenvalue weighted by Crippen LogP contribution is 2.25. The third-order valence-electron chi connectivity index (χ3n) is 4.69. The van der Waals surface area contributed by atoms with Crippen LogP contribution < -0.4 is 16.2 Å². The number of nitrogens with zero attached hydrogens (tertiary/aromatic N) is 2. The molecule has 2 amide bonds. The number of H-pyrrole nitrogens is 1. The Bertz CT molecular complexity index is 1190. The first-order valence-electron chi connectivity index (χ1n) is 9.64. The Morgan fingerprint density at radius 2 is 1.71 bits per heavy atom. The van der Waals surface area contributed by atoms with Crippen molar-refractivity contribution in [3.63, 3.8) is 0 Å². The number of carbonyl (C=O) groups is 2. The maximum atomic E-state index is 12.6. The van der Waals surface area contributed by atoms with Crippen molar-refractivity contribution in [2.24, 2.45) is 0 Å². The molecule has 3 aromatic rings. The van der Waals surface area contributed by atoms with E-state index in [0.717, 1.165) is 28.6 Å². The summed E-state index contributed by atoms with van der Waals surface area (Å²) in [6.07, 6.45) is 0. The molecule has 0 saturated carbocycles. The summed E-state index contributed by atoms with van der Waals surface area (Å²) in [6.45, 7) is 7.04. The number of hydrogen-bond acceptors (Lipinski definition) is 6. The Morgan fingerprint density at radius 3 is 2.42 bits per heavy atom. The van der Waals surface area contributed by atoms with E-state index in [4.69, 9.17) is 0 Å². The van der Waals surface area contributed by atoms with E-state index in [1.165, 1.54) is 6.92 Å². The molecule has 2 aromatic carbocycles. The van der Waals surface area contributed by atoms with Crippen LogP contribution in [-0.4, -0.2) is 32.2 Å². The number of aromatic nitrogens is 3. The molecule has 1 unspecified atom stereocenters. The number of nitrogens with one attached hydrogen (secondary N) is 3. The lowest BCUT2D eigenvalue weighted by molar-refractivity contribution is -0.115. The van der Waals surface area contributed by atoms with E-state index in [9.17, 15) is 14.4 Å². The molecule has 0 saturated heterocycles. The summed E-state index contributed by atoms with van der Waals surface area (Å²) in [5.74, 6) is -0.464. The van der Waals surface area contributed by atoms with Crippen LogP contribution >= 0.6 is 11.8 Å². The summed E-state index contributed by atoms with van der Waals surface area (Å²) in [6, 6.07) is 12.6. The number of aryl methyl sites for hydroxylation is 1. The van der Waals surface area contributed by atoms with Crippen LogP contribution in [0, 0.1) is 13.8 Å². The topological polar surface area (TPSA) is 117 Å². The van der Waals surface area contributed by atoms with Gasteiger partial charge in [0.15, 0.2) is 10.9 Å². The number of thioether (sulfide) groups is 1. The highest BCUT2D eigenvalue weighted by molar-refractivity contribution is 8.00. The van der Waals surface area contributed by atoms with Gasteiger partial charge in [0.1, 0.15) is 0 Å². The third-order valence-corrected chi connectivity index (χ3v) is 5.66. The number of rotatable bonds is 6. The van der Waals surface area contributed by atoms with Crippen LogP contribution in [0.3, 0.4) is 0 Å². The van der Waals surface area contributed by atoms with E-state index in [2.05, 4.69) is 25.8 Å². The van der Waals surface area contributed by atoms with Crippen LogP contribution in [0.25, 0.3) is 11.3 Å². The smallest absolute Gasteiger partial charge is 0.278 e. The van der Waals surface area contributed by atoms with Crippen molar-refractivity contribution in [2.75, 3.05) is 10.6 Å². The maximum Gasteiger partial charge on any atom is 0.278 e. The summed E-state index contributed by atoms with van der Waals surface area (Å²) in [5, 5.41) is 13.4. The molecule has 160 valence electrons. The molecule has 1 atom stereocenters. The van der Waals surface area contributed by atoms with Crippen LogP contribution in [0.4, 0.5) is 11.4 Å². The number of carbonyl (C=O) groups excluding carboxylic acids is 2. The van der Waals surface area contributed by atoms with Crippen LogP contribution in [0.1, 0.15) is 25.0 Å². The number of hydrogen-bond donors (Lipinski definition) is 3. The van der Waals surface area contributed by atoms with Crippen molar-refractivity contribution < 1.29 is 9.59 Å². The lowest BCUT2D eigenvalue weighted by atomic mass is 10.1. The normalized spacial score (nSPS) is 11.6. The lowest BCUT2D eigenvalue weighted by Crippen LogP contribution is -2.24. The first kappa shape index (κ1) is 22.2. The Labute approximate surface area is 183 Å². The van der Waals surface area contributed by atoms with Crippen LogP contribution in [0.5, 0.6) is 0 Å². The van der Waals surface area contributed by atoms with Gasteiger partial charge in [0.2, 0.25) is 11.8 Å². The minimum Gasteiger partial charge on any atom is -0.326 e. The molecule has 0 spiro atoms. The Morgan fingerprint density at radius 1 is 1.00 bits per heavy atom. The number of anilines is 2. The zero-order chi connectivity index (χ0) is 22.5. The van der Waals surface area contributed by atoms with Crippen LogP contribution in [0.15, 0.2) is 52.4 Å². The molecule has 0 aliphatic rings. The minimum atomic E-state index is -0.512.